The summed E-state index contributed by atoms with van der Waals surface area (Å²) in [4.78, 5) is 15.4. The lowest BCUT2D eigenvalue weighted by Crippen LogP contribution is -2.12. The molecular weight excluding hydrogens is 443 g/mol. The molecule has 0 saturated carbocycles. The number of halogens is 1. The average Bonchev–Trinajstić information content (AvgIpc) is 2.85. The molecule has 0 amide bonds. The lowest BCUT2D eigenvalue weighted by molar-refractivity contribution is 0.0692. The molecule has 0 radical (unpaired) electrons. The Kier molecular flexibility index (Phi) is 7.01. The van der Waals surface area contributed by atoms with Crippen molar-refractivity contribution in [3.8, 4) is 11.1 Å². The van der Waals surface area contributed by atoms with Crippen LogP contribution in [-0.2, 0) is 0 Å². The van der Waals surface area contributed by atoms with E-state index in [1.54, 1.807) is 12.3 Å². The number of rotatable bonds is 7. The third kappa shape index (κ3) is 5.27. The first-order valence-corrected chi connectivity index (χ1v) is 11.2. The van der Waals surface area contributed by atoms with Crippen molar-refractivity contribution in [2.75, 3.05) is 0 Å². The molecule has 5 nitrogen and oxygen atoms in total. The highest BCUT2D eigenvalue weighted by Gasteiger charge is 2.21. The number of hydrogen-bond donors (Lipinski definition) is 2. The SMILES string of the molecule is Cc1cc(C(CC(c2cccc(-c3ccc(C(=O)O)c(F)c3)c2)c2ccccc2C)=NO)ccn1. The fraction of sp³-hybridized carbons (Fsp3) is 0.138. The van der Waals surface area contributed by atoms with Gasteiger partial charge in [-0.2, -0.15) is 0 Å². The summed E-state index contributed by atoms with van der Waals surface area (Å²) < 4.78 is 14.4. The fourth-order valence-electron chi connectivity index (χ4n) is 4.32. The molecule has 6 heteroatoms. The summed E-state index contributed by atoms with van der Waals surface area (Å²) in [6.45, 7) is 3.92. The second kappa shape index (κ2) is 10.3. The molecule has 2 N–H and O–H groups in total. The lowest BCUT2D eigenvalue weighted by atomic mass is 9.82. The van der Waals surface area contributed by atoms with Crippen molar-refractivity contribution in [2.45, 2.75) is 26.2 Å². The number of pyridine rings is 1. The van der Waals surface area contributed by atoms with E-state index in [1.165, 1.54) is 12.1 Å². The third-order valence-corrected chi connectivity index (χ3v) is 6.13. The number of carboxylic acids is 1. The van der Waals surface area contributed by atoms with Gasteiger partial charge < -0.3 is 10.3 Å². The number of nitrogens with zero attached hydrogens (tertiary/aromatic N) is 2. The normalized spacial score (nSPS) is 12.4. The maximum atomic E-state index is 14.4. The van der Waals surface area contributed by atoms with Gasteiger partial charge in [-0.25, -0.2) is 9.18 Å². The van der Waals surface area contributed by atoms with Gasteiger partial charge in [-0.05, 0) is 65.9 Å². The number of hydrogen-bond acceptors (Lipinski definition) is 4. The predicted octanol–water partition coefficient (Wildman–Crippen LogP) is 6.60. The Morgan fingerprint density at radius 3 is 2.43 bits per heavy atom. The van der Waals surface area contributed by atoms with Gasteiger partial charge in [-0.3, -0.25) is 4.98 Å². The van der Waals surface area contributed by atoms with Gasteiger partial charge in [-0.1, -0.05) is 59.8 Å². The van der Waals surface area contributed by atoms with Gasteiger partial charge in [0.05, 0.1) is 11.3 Å². The summed E-state index contributed by atoms with van der Waals surface area (Å²) >= 11 is 0. The molecule has 4 rings (SSSR count). The summed E-state index contributed by atoms with van der Waals surface area (Å²) in [5, 5.41) is 22.7. The highest BCUT2D eigenvalue weighted by molar-refractivity contribution is 6.01. The van der Waals surface area contributed by atoms with Crippen molar-refractivity contribution in [2.24, 2.45) is 5.16 Å². The molecule has 0 spiro atoms. The number of aromatic carboxylic acids is 1. The highest BCUT2D eigenvalue weighted by Crippen LogP contribution is 2.34. The van der Waals surface area contributed by atoms with Crippen LogP contribution in [0.3, 0.4) is 0 Å². The Labute approximate surface area is 203 Å². The van der Waals surface area contributed by atoms with Crippen molar-refractivity contribution < 1.29 is 19.5 Å². The first kappa shape index (κ1) is 23.8. The second-order valence-electron chi connectivity index (χ2n) is 8.47. The van der Waals surface area contributed by atoms with Crippen LogP contribution < -0.4 is 0 Å². The minimum Gasteiger partial charge on any atom is -0.478 e. The second-order valence-corrected chi connectivity index (χ2v) is 8.47. The molecule has 4 aromatic rings. The minimum atomic E-state index is -1.30. The topological polar surface area (TPSA) is 82.8 Å². The standard InChI is InChI=1S/C29H25FN2O3/c1-18-6-3-4-9-24(18)26(17-28(32-35)23-12-13-31-19(2)14-23)22-8-5-7-20(15-22)21-10-11-25(29(33)34)27(30)16-21/h3-16,26,35H,17H2,1-2H3,(H,33,34). The molecule has 0 fully saturated rings. The molecule has 1 atom stereocenters. The summed E-state index contributed by atoms with van der Waals surface area (Å²) in [6, 6.07) is 23.6. The molecule has 1 aromatic heterocycles. The molecule has 0 aliphatic carbocycles. The summed E-state index contributed by atoms with van der Waals surface area (Å²) in [5.74, 6) is -2.22. The molecule has 1 heterocycles. The zero-order valence-electron chi connectivity index (χ0n) is 19.4. The zero-order valence-corrected chi connectivity index (χ0v) is 19.4. The Balaban J connectivity index is 1.78. The van der Waals surface area contributed by atoms with Crippen LogP contribution in [0.4, 0.5) is 4.39 Å². The van der Waals surface area contributed by atoms with Crippen LogP contribution in [0, 0.1) is 19.7 Å². The molecule has 0 aliphatic heterocycles. The number of aromatic nitrogens is 1. The molecule has 0 bridgehead atoms. The summed E-state index contributed by atoms with van der Waals surface area (Å²) in [6.07, 6.45) is 2.12. The van der Waals surface area contributed by atoms with Crippen molar-refractivity contribution in [3.05, 3.63) is 124 Å². The van der Waals surface area contributed by atoms with E-state index in [9.17, 15) is 14.4 Å². The molecular formula is C29H25FN2O3. The van der Waals surface area contributed by atoms with Crippen molar-refractivity contribution in [3.63, 3.8) is 0 Å². The highest BCUT2D eigenvalue weighted by atomic mass is 19.1. The van der Waals surface area contributed by atoms with Crippen LogP contribution in [0.25, 0.3) is 11.1 Å². The fourth-order valence-corrected chi connectivity index (χ4v) is 4.32. The van der Waals surface area contributed by atoms with Gasteiger partial charge in [0.2, 0.25) is 0 Å². The average molecular weight is 469 g/mol. The van der Waals surface area contributed by atoms with Gasteiger partial charge in [0.15, 0.2) is 0 Å². The zero-order chi connectivity index (χ0) is 24.9. The Morgan fingerprint density at radius 2 is 1.74 bits per heavy atom. The van der Waals surface area contributed by atoms with Crippen LogP contribution in [0.2, 0.25) is 0 Å². The molecule has 0 aliphatic rings. The lowest BCUT2D eigenvalue weighted by Gasteiger charge is -2.22. The Bertz CT molecular complexity index is 1410. The number of carboxylic acid groups (broad SMARTS) is 1. The molecule has 176 valence electrons. The summed E-state index contributed by atoms with van der Waals surface area (Å²) in [7, 11) is 0. The van der Waals surface area contributed by atoms with Crippen LogP contribution in [0.1, 0.15) is 50.6 Å². The van der Waals surface area contributed by atoms with Crippen LogP contribution in [-0.4, -0.2) is 27.0 Å². The van der Waals surface area contributed by atoms with Gasteiger partial charge in [-0.15, -0.1) is 0 Å². The van der Waals surface area contributed by atoms with E-state index >= 15 is 0 Å². The maximum absolute atomic E-state index is 14.4. The van der Waals surface area contributed by atoms with E-state index in [0.29, 0.717) is 17.7 Å². The van der Waals surface area contributed by atoms with E-state index in [2.05, 4.69) is 16.2 Å². The molecule has 1 unspecified atom stereocenters. The monoisotopic (exact) mass is 468 g/mol. The van der Waals surface area contributed by atoms with E-state index in [4.69, 9.17) is 5.11 Å². The van der Waals surface area contributed by atoms with Gasteiger partial charge in [0.25, 0.3) is 0 Å². The van der Waals surface area contributed by atoms with Gasteiger partial charge >= 0.3 is 5.97 Å². The molecule has 3 aromatic carbocycles. The minimum absolute atomic E-state index is 0.140. The van der Waals surface area contributed by atoms with Crippen LogP contribution in [0.5, 0.6) is 0 Å². The van der Waals surface area contributed by atoms with E-state index < -0.39 is 11.8 Å². The van der Waals surface area contributed by atoms with Crippen LogP contribution in [0.15, 0.2) is 90.2 Å². The molecule has 35 heavy (non-hydrogen) atoms. The Morgan fingerprint density at radius 1 is 0.971 bits per heavy atom. The number of carbonyl (C=O) groups is 1. The van der Waals surface area contributed by atoms with E-state index in [1.807, 2.05) is 68.4 Å². The van der Waals surface area contributed by atoms with Crippen LogP contribution >= 0.6 is 0 Å². The first-order chi connectivity index (χ1) is 16.9. The van der Waals surface area contributed by atoms with Gasteiger partial charge in [0, 0.05) is 29.8 Å². The summed E-state index contributed by atoms with van der Waals surface area (Å²) in [5.41, 5.74) is 6.28. The largest absolute Gasteiger partial charge is 0.478 e. The quantitative estimate of drug-likeness (QED) is 0.182. The number of oxime groups is 1. The maximum Gasteiger partial charge on any atom is 0.338 e. The van der Waals surface area contributed by atoms with Crippen molar-refractivity contribution in [1.29, 1.82) is 0 Å². The van der Waals surface area contributed by atoms with Gasteiger partial charge in [0.1, 0.15) is 5.82 Å². The van der Waals surface area contributed by atoms with E-state index in [-0.39, 0.29) is 11.5 Å². The van der Waals surface area contributed by atoms with E-state index in [0.717, 1.165) is 33.5 Å². The first-order valence-electron chi connectivity index (χ1n) is 11.2. The number of benzene rings is 3. The molecule has 0 saturated heterocycles. The predicted molar refractivity (Wildman–Crippen MR) is 134 cm³/mol. The van der Waals surface area contributed by atoms with Crippen molar-refractivity contribution >= 4 is 11.7 Å². The number of aryl methyl sites for hydroxylation is 2. The smallest absolute Gasteiger partial charge is 0.338 e. The third-order valence-electron chi connectivity index (χ3n) is 6.13. The van der Waals surface area contributed by atoms with Crippen molar-refractivity contribution in [1.82, 2.24) is 4.98 Å². The Hall–Kier alpha value is -4.32.